The molecule has 0 radical (unpaired) electrons. The van der Waals surface area contributed by atoms with E-state index in [0.29, 0.717) is 11.1 Å². The second kappa shape index (κ2) is 6.02. The highest BCUT2D eigenvalue weighted by molar-refractivity contribution is 6.21. The van der Waals surface area contributed by atoms with Crippen molar-refractivity contribution in [3.05, 3.63) is 34.4 Å². The summed E-state index contributed by atoms with van der Waals surface area (Å²) in [7, 11) is 0. The molecule has 0 fully saturated rings. The lowest BCUT2D eigenvalue weighted by atomic mass is 10.0. The Labute approximate surface area is 135 Å². The molecule has 3 amide bonds. The predicted molar refractivity (Wildman–Crippen MR) is 85.5 cm³/mol. The number of aryl methyl sites for hydroxylation is 2. The number of imide groups is 1. The fourth-order valence-electron chi connectivity index (χ4n) is 2.34. The van der Waals surface area contributed by atoms with Gasteiger partial charge in [0.15, 0.2) is 0 Å². The van der Waals surface area contributed by atoms with Crippen LogP contribution in [-0.2, 0) is 4.74 Å². The van der Waals surface area contributed by atoms with Crippen LogP contribution in [0, 0.1) is 13.8 Å². The second-order valence-electron chi connectivity index (χ2n) is 6.67. The summed E-state index contributed by atoms with van der Waals surface area (Å²) < 4.78 is 5.11. The molecule has 2 rings (SSSR count). The molecule has 1 aromatic carbocycles. The van der Waals surface area contributed by atoms with Gasteiger partial charge in [-0.3, -0.25) is 14.5 Å². The molecule has 0 saturated carbocycles. The lowest BCUT2D eigenvalue weighted by Crippen LogP contribution is -2.40. The summed E-state index contributed by atoms with van der Waals surface area (Å²) in [6.07, 6.45) is -0.569. The molecule has 23 heavy (non-hydrogen) atoms. The molecular weight excluding hydrogens is 296 g/mol. The van der Waals surface area contributed by atoms with Gasteiger partial charge in [0.1, 0.15) is 5.60 Å². The van der Waals surface area contributed by atoms with Crippen LogP contribution in [0.1, 0.15) is 52.6 Å². The zero-order valence-electron chi connectivity index (χ0n) is 14.1. The Morgan fingerprint density at radius 3 is 2.00 bits per heavy atom. The predicted octanol–water partition coefficient (Wildman–Crippen LogP) is 2.42. The number of nitrogens with zero attached hydrogens (tertiary/aromatic N) is 1. The van der Waals surface area contributed by atoms with Gasteiger partial charge < -0.3 is 10.1 Å². The zero-order valence-corrected chi connectivity index (χ0v) is 14.1. The minimum Gasteiger partial charge on any atom is -0.444 e. The SMILES string of the molecule is Cc1cc2c(cc1C)C(=O)N(CCNC(=O)OC(C)(C)C)C2=O. The minimum atomic E-state index is -0.589. The highest BCUT2D eigenvalue weighted by Gasteiger charge is 2.35. The number of alkyl carbamates (subject to hydrolysis) is 1. The van der Waals surface area contributed by atoms with E-state index in [0.717, 1.165) is 16.0 Å². The maximum atomic E-state index is 12.3. The number of carbonyl (C=O) groups excluding carboxylic acids is 3. The molecule has 1 N–H and O–H groups in total. The number of ether oxygens (including phenoxy) is 1. The van der Waals surface area contributed by atoms with Crippen LogP contribution in [0.4, 0.5) is 4.79 Å². The Hall–Kier alpha value is -2.37. The van der Waals surface area contributed by atoms with Crippen molar-refractivity contribution in [2.75, 3.05) is 13.1 Å². The molecular formula is C17H22N2O4. The quantitative estimate of drug-likeness (QED) is 0.869. The van der Waals surface area contributed by atoms with Gasteiger partial charge in [-0.15, -0.1) is 0 Å². The average Bonchev–Trinajstić information content (AvgIpc) is 2.62. The van der Waals surface area contributed by atoms with Crippen molar-refractivity contribution < 1.29 is 19.1 Å². The van der Waals surface area contributed by atoms with Crippen LogP contribution in [0.15, 0.2) is 12.1 Å². The van der Waals surface area contributed by atoms with Crippen molar-refractivity contribution >= 4 is 17.9 Å². The Morgan fingerprint density at radius 2 is 1.57 bits per heavy atom. The monoisotopic (exact) mass is 318 g/mol. The zero-order chi connectivity index (χ0) is 17.4. The molecule has 6 heteroatoms. The van der Waals surface area contributed by atoms with E-state index in [2.05, 4.69) is 5.32 Å². The van der Waals surface area contributed by atoms with Crippen LogP contribution in [-0.4, -0.2) is 41.5 Å². The first-order valence-corrected chi connectivity index (χ1v) is 7.54. The van der Waals surface area contributed by atoms with Crippen molar-refractivity contribution in [1.82, 2.24) is 10.2 Å². The van der Waals surface area contributed by atoms with E-state index in [-0.39, 0.29) is 24.9 Å². The van der Waals surface area contributed by atoms with E-state index < -0.39 is 11.7 Å². The third kappa shape index (κ3) is 3.70. The number of nitrogens with one attached hydrogen (secondary N) is 1. The van der Waals surface area contributed by atoms with Crippen molar-refractivity contribution in [1.29, 1.82) is 0 Å². The molecule has 0 aromatic heterocycles. The Bertz CT molecular complexity index is 633. The maximum Gasteiger partial charge on any atom is 0.407 e. The number of fused-ring (bicyclic) bond motifs is 1. The lowest BCUT2D eigenvalue weighted by Gasteiger charge is -2.20. The third-order valence-corrected chi connectivity index (χ3v) is 3.59. The fourth-order valence-corrected chi connectivity index (χ4v) is 2.34. The first-order valence-electron chi connectivity index (χ1n) is 7.54. The van der Waals surface area contributed by atoms with Crippen LogP contribution in [0.25, 0.3) is 0 Å². The van der Waals surface area contributed by atoms with Crippen LogP contribution in [0.5, 0.6) is 0 Å². The van der Waals surface area contributed by atoms with E-state index in [4.69, 9.17) is 4.74 Å². The van der Waals surface area contributed by atoms with Gasteiger partial charge in [0.05, 0.1) is 11.1 Å². The largest absolute Gasteiger partial charge is 0.444 e. The van der Waals surface area contributed by atoms with Crippen LogP contribution >= 0.6 is 0 Å². The van der Waals surface area contributed by atoms with E-state index in [1.807, 2.05) is 13.8 Å². The number of hydrogen-bond acceptors (Lipinski definition) is 4. The van der Waals surface area contributed by atoms with Crippen molar-refractivity contribution in [3.63, 3.8) is 0 Å². The topological polar surface area (TPSA) is 75.7 Å². The fraction of sp³-hybridized carbons (Fsp3) is 0.471. The summed E-state index contributed by atoms with van der Waals surface area (Å²) in [4.78, 5) is 37.4. The van der Waals surface area contributed by atoms with Crippen LogP contribution in [0.3, 0.4) is 0 Å². The second-order valence-corrected chi connectivity index (χ2v) is 6.67. The summed E-state index contributed by atoms with van der Waals surface area (Å²) in [5.41, 5.74) is 2.21. The first kappa shape index (κ1) is 17.0. The first-order chi connectivity index (χ1) is 10.6. The summed E-state index contributed by atoms with van der Waals surface area (Å²) >= 11 is 0. The normalized spacial score (nSPS) is 14.0. The molecule has 0 spiro atoms. The summed E-state index contributed by atoms with van der Waals surface area (Å²) in [5, 5.41) is 2.55. The van der Waals surface area contributed by atoms with Crippen LogP contribution in [0.2, 0.25) is 0 Å². The molecule has 1 aliphatic heterocycles. The molecule has 0 aliphatic carbocycles. The van der Waals surface area contributed by atoms with E-state index in [9.17, 15) is 14.4 Å². The third-order valence-electron chi connectivity index (χ3n) is 3.59. The lowest BCUT2D eigenvalue weighted by molar-refractivity contribution is 0.0504. The molecule has 1 aromatic rings. The van der Waals surface area contributed by atoms with Gasteiger partial charge in [0.2, 0.25) is 0 Å². The number of rotatable bonds is 3. The van der Waals surface area contributed by atoms with Gasteiger partial charge in [-0.05, 0) is 57.9 Å². The molecule has 0 saturated heterocycles. The average molecular weight is 318 g/mol. The smallest absolute Gasteiger partial charge is 0.407 e. The molecule has 1 aliphatic rings. The van der Waals surface area contributed by atoms with Gasteiger partial charge in [0, 0.05) is 13.1 Å². The molecule has 0 unspecified atom stereocenters. The van der Waals surface area contributed by atoms with Gasteiger partial charge >= 0.3 is 6.09 Å². The highest BCUT2D eigenvalue weighted by atomic mass is 16.6. The van der Waals surface area contributed by atoms with Crippen molar-refractivity contribution in [3.8, 4) is 0 Å². The number of hydrogen-bond donors (Lipinski definition) is 1. The summed E-state index contributed by atoms with van der Waals surface area (Å²) in [5.74, 6) is -0.641. The highest BCUT2D eigenvalue weighted by Crippen LogP contribution is 2.25. The molecule has 0 atom stereocenters. The van der Waals surface area contributed by atoms with Gasteiger partial charge in [0.25, 0.3) is 11.8 Å². The number of benzene rings is 1. The van der Waals surface area contributed by atoms with Crippen molar-refractivity contribution in [2.45, 2.75) is 40.2 Å². The molecule has 0 bridgehead atoms. The van der Waals surface area contributed by atoms with Crippen molar-refractivity contribution in [2.24, 2.45) is 0 Å². The van der Waals surface area contributed by atoms with E-state index in [1.54, 1.807) is 32.9 Å². The van der Waals surface area contributed by atoms with Gasteiger partial charge in [-0.1, -0.05) is 0 Å². The Morgan fingerprint density at radius 1 is 1.09 bits per heavy atom. The molecule has 1 heterocycles. The summed E-state index contributed by atoms with van der Waals surface area (Å²) in [6.45, 7) is 9.37. The standard InChI is InChI=1S/C17H22N2O4/c1-10-8-12-13(9-11(10)2)15(21)19(14(12)20)7-6-18-16(22)23-17(3,4)5/h8-9H,6-7H2,1-5H3,(H,18,22). The van der Waals surface area contributed by atoms with Crippen LogP contribution < -0.4 is 5.32 Å². The molecule has 124 valence electrons. The Balaban J connectivity index is 1.99. The van der Waals surface area contributed by atoms with Gasteiger partial charge in [-0.2, -0.15) is 0 Å². The summed E-state index contributed by atoms with van der Waals surface area (Å²) in [6, 6.07) is 3.48. The Kier molecular flexibility index (Phi) is 4.45. The number of amides is 3. The number of carbonyl (C=O) groups is 3. The van der Waals surface area contributed by atoms with Gasteiger partial charge in [-0.25, -0.2) is 4.79 Å². The minimum absolute atomic E-state index is 0.115. The maximum absolute atomic E-state index is 12.3. The van der Waals surface area contributed by atoms with E-state index >= 15 is 0 Å². The molecule has 6 nitrogen and oxygen atoms in total. The van der Waals surface area contributed by atoms with E-state index in [1.165, 1.54) is 0 Å².